The van der Waals surface area contributed by atoms with Gasteiger partial charge in [0.05, 0.1) is 20.1 Å². The van der Waals surface area contributed by atoms with Crippen LogP contribution >= 0.6 is 0 Å². The van der Waals surface area contributed by atoms with Crippen molar-refractivity contribution in [1.82, 2.24) is 10.3 Å². The molecular formula is C27H36N2O8. The van der Waals surface area contributed by atoms with Gasteiger partial charge in [0.15, 0.2) is 11.4 Å². The normalized spacial score (nSPS) is 13.3. The maximum absolute atomic E-state index is 13.0. The zero-order chi connectivity index (χ0) is 27.4. The van der Waals surface area contributed by atoms with E-state index in [-0.39, 0.29) is 36.3 Å². The number of aromatic nitrogens is 1. The Morgan fingerprint density at radius 1 is 1.00 bits per heavy atom. The Morgan fingerprint density at radius 2 is 1.70 bits per heavy atom. The van der Waals surface area contributed by atoms with Crippen molar-refractivity contribution in [2.24, 2.45) is 5.92 Å². The predicted molar refractivity (Wildman–Crippen MR) is 136 cm³/mol. The number of benzene rings is 1. The van der Waals surface area contributed by atoms with E-state index < -0.39 is 30.0 Å². The standard InChI is InChI=1S/C27H36N2O8/c1-17(2)16-22(36-20-10-8-7-9-11-20)19(4)35-27(32)18(3)29-26(31)24-25(21(34-6)12-14-28-24)37-23(30)13-15-33-5/h7-12,14,17-19,22H,13,15-16H2,1-6H3,(H,29,31)/t18-,19-,22+/m0/s1. The summed E-state index contributed by atoms with van der Waals surface area (Å²) in [6.45, 7) is 7.51. The number of nitrogens with one attached hydrogen (secondary N) is 1. The molecule has 0 bridgehead atoms. The number of ether oxygens (including phenoxy) is 5. The van der Waals surface area contributed by atoms with Crippen molar-refractivity contribution in [3.05, 3.63) is 48.3 Å². The first-order valence-electron chi connectivity index (χ1n) is 12.1. The van der Waals surface area contributed by atoms with Crippen LogP contribution in [0.2, 0.25) is 0 Å². The van der Waals surface area contributed by atoms with Crippen LogP contribution in [0.15, 0.2) is 42.6 Å². The van der Waals surface area contributed by atoms with Crippen molar-refractivity contribution in [2.75, 3.05) is 20.8 Å². The molecule has 37 heavy (non-hydrogen) atoms. The van der Waals surface area contributed by atoms with Crippen LogP contribution in [0.3, 0.4) is 0 Å². The second-order valence-corrected chi connectivity index (χ2v) is 8.84. The number of hydrogen-bond acceptors (Lipinski definition) is 9. The van der Waals surface area contributed by atoms with Crippen molar-refractivity contribution in [3.8, 4) is 17.2 Å². The summed E-state index contributed by atoms with van der Waals surface area (Å²) in [6, 6.07) is 9.74. The van der Waals surface area contributed by atoms with E-state index in [1.165, 1.54) is 33.4 Å². The minimum atomic E-state index is -1.02. The highest BCUT2D eigenvalue weighted by Gasteiger charge is 2.29. The second-order valence-electron chi connectivity index (χ2n) is 8.84. The zero-order valence-corrected chi connectivity index (χ0v) is 22.2. The number of nitrogens with zero attached hydrogens (tertiary/aromatic N) is 1. The number of pyridine rings is 1. The van der Waals surface area contributed by atoms with Crippen LogP contribution in [0.4, 0.5) is 0 Å². The van der Waals surface area contributed by atoms with Crippen LogP contribution in [0.5, 0.6) is 17.2 Å². The number of rotatable bonds is 14. The summed E-state index contributed by atoms with van der Waals surface area (Å²) in [5.41, 5.74) is -0.206. The van der Waals surface area contributed by atoms with Gasteiger partial charge < -0.3 is 29.0 Å². The lowest BCUT2D eigenvalue weighted by molar-refractivity contribution is -0.155. The molecule has 0 fully saturated rings. The summed E-state index contributed by atoms with van der Waals surface area (Å²) < 4.78 is 27.1. The molecule has 10 heteroatoms. The van der Waals surface area contributed by atoms with Gasteiger partial charge in [-0.2, -0.15) is 0 Å². The van der Waals surface area contributed by atoms with E-state index in [1.807, 2.05) is 30.3 Å². The topological polar surface area (TPSA) is 122 Å². The molecule has 2 aromatic rings. The molecule has 1 aromatic carbocycles. The van der Waals surface area contributed by atoms with E-state index in [1.54, 1.807) is 6.92 Å². The molecule has 1 N–H and O–H groups in total. The van der Waals surface area contributed by atoms with E-state index in [0.29, 0.717) is 18.1 Å². The summed E-state index contributed by atoms with van der Waals surface area (Å²) in [5, 5.41) is 2.55. The fraction of sp³-hybridized carbons (Fsp3) is 0.481. The Kier molecular flexibility index (Phi) is 11.8. The van der Waals surface area contributed by atoms with Crippen molar-refractivity contribution in [1.29, 1.82) is 0 Å². The first-order chi connectivity index (χ1) is 17.7. The van der Waals surface area contributed by atoms with Crippen LogP contribution in [-0.4, -0.2) is 61.9 Å². The highest BCUT2D eigenvalue weighted by Crippen LogP contribution is 2.30. The SMILES string of the molecule is COCCC(=O)Oc1c(OC)ccnc1C(=O)N[C@@H](C)C(=O)O[C@@H](C)[C@@H](CC(C)C)Oc1ccccc1. The molecule has 0 aliphatic rings. The fourth-order valence-corrected chi connectivity index (χ4v) is 3.36. The summed E-state index contributed by atoms with van der Waals surface area (Å²) >= 11 is 0. The molecule has 0 saturated heterocycles. The van der Waals surface area contributed by atoms with Crippen LogP contribution < -0.4 is 19.5 Å². The monoisotopic (exact) mass is 516 g/mol. The lowest BCUT2D eigenvalue weighted by Gasteiger charge is -2.27. The summed E-state index contributed by atoms with van der Waals surface area (Å²) in [6.07, 6.45) is 1.01. The third-order valence-electron chi connectivity index (χ3n) is 5.29. The lowest BCUT2D eigenvalue weighted by atomic mass is 10.0. The lowest BCUT2D eigenvalue weighted by Crippen LogP contribution is -2.43. The quantitative estimate of drug-likeness (QED) is 0.375. The molecule has 10 nitrogen and oxygen atoms in total. The van der Waals surface area contributed by atoms with E-state index >= 15 is 0 Å². The Balaban J connectivity index is 2.09. The molecule has 1 aromatic heterocycles. The van der Waals surface area contributed by atoms with Crippen LogP contribution in [0, 0.1) is 5.92 Å². The van der Waals surface area contributed by atoms with Gasteiger partial charge in [-0.15, -0.1) is 0 Å². The molecule has 0 saturated carbocycles. The van der Waals surface area contributed by atoms with Gasteiger partial charge >= 0.3 is 11.9 Å². The summed E-state index contributed by atoms with van der Waals surface area (Å²) in [4.78, 5) is 42.0. The van der Waals surface area contributed by atoms with Crippen LogP contribution in [-0.2, 0) is 19.1 Å². The second kappa shape index (κ2) is 14.8. The third-order valence-corrected chi connectivity index (χ3v) is 5.29. The largest absolute Gasteiger partial charge is 0.493 e. The zero-order valence-electron chi connectivity index (χ0n) is 22.2. The van der Waals surface area contributed by atoms with Crippen molar-refractivity contribution >= 4 is 17.8 Å². The van der Waals surface area contributed by atoms with Gasteiger partial charge in [0.25, 0.3) is 5.91 Å². The molecule has 0 radical (unpaired) electrons. The van der Waals surface area contributed by atoms with Crippen molar-refractivity contribution < 1.29 is 38.1 Å². The van der Waals surface area contributed by atoms with E-state index in [4.69, 9.17) is 23.7 Å². The van der Waals surface area contributed by atoms with Gasteiger partial charge in [0.2, 0.25) is 5.75 Å². The number of amides is 1. The molecule has 1 amide bonds. The van der Waals surface area contributed by atoms with E-state index in [0.717, 1.165) is 0 Å². The molecule has 3 atom stereocenters. The molecule has 0 spiro atoms. The minimum Gasteiger partial charge on any atom is -0.493 e. The van der Waals surface area contributed by atoms with E-state index in [9.17, 15) is 14.4 Å². The van der Waals surface area contributed by atoms with Gasteiger partial charge in [0.1, 0.15) is 24.0 Å². The molecule has 2 rings (SSSR count). The number of para-hydroxylation sites is 1. The average molecular weight is 517 g/mol. The van der Waals surface area contributed by atoms with Crippen molar-refractivity contribution in [2.45, 2.75) is 58.8 Å². The predicted octanol–water partition coefficient (Wildman–Crippen LogP) is 3.58. The Hall–Kier alpha value is -3.66. The number of carbonyl (C=O) groups is 3. The highest BCUT2D eigenvalue weighted by molar-refractivity contribution is 5.98. The Labute approximate surface area is 217 Å². The van der Waals surface area contributed by atoms with Gasteiger partial charge in [-0.05, 0) is 38.3 Å². The Bertz CT molecular complexity index is 1030. The molecular weight excluding hydrogens is 480 g/mol. The van der Waals surface area contributed by atoms with Gasteiger partial charge in [-0.1, -0.05) is 32.0 Å². The number of carbonyl (C=O) groups excluding carboxylic acids is 3. The smallest absolute Gasteiger partial charge is 0.328 e. The molecule has 1 heterocycles. The number of hydrogen-bond donors (Lipinski definition) is 1. The molecule has 0 unspecified atom stereocenters. The first kappa shape index (κ1) is 29.6. The molecule has 202 valence electrons. The minimum absolute atomic E-state index is 0.0289. The van der Waals surface area contributed by atoms with Crippen LogP contribution in [0.25, 0.3) is 0 Å². The Morgan fingerprint density at radius 3 is 2.32 bits per heavy atom. The number of esters is 2. The average Bonchev–Trinajstić information content (AvgIpc) is 2.87. The van der Waals surface area contributed by atoms with Gasteiger partial charge in [-0.25, -0.2) is 9.78 Å². The summed E-state index contributed by atoms with van der Waals surface area (Å²) in [7, 11) is 2.83. The maximum Gasteiger partial charge on any atom is 0.328 e. The van der Waals surface area contributed by atoms with E-state index in [2.05, 4.69) is 24.1 Å². The van der Waals surface area contributed by atoms with Crippen LogP contribution in [0.1, 0.15) is 51.0 Å². The third kappa shape index (κ3) is 9.38. The van der Waals surface area contributed by atoms with Crippen molar-refractivity contribution in [3.63, 3.8) is 0 Å². The maximum atomic E-state index is 13.0. The molecule has 0 aliphatic heterocycles. The summed E-state index contributed by atoms with van der Waals surface area (Å²) in [5.74, 6) is -1.03. The van der Waals surface area contributed by atoms with Gasteiger partial charge in [-0.3, -0.25) is 9.59 Å². The fourth-order valence-electron chi connectivity index (χ4n) is 3.36. The molecule has 0 aliphatic carbocycles. The number of methoxy groups -OCH3 is 2. The first-order valence-corrected chi connectivity index (χ1v) is 12.1. The van der Waals surface area contributed by atoms with Gasteiger partial charge in [0, 0.05) is 19.4 Å². The highest BCUT2D eigenvalue weighted by atomic mass is 16.6.